The van der Waals surface area contributed by atoms with Crippen molar-refractivity contribution in [3.63, 3.8) is 0 Å². The number of carbonyl (C=O) groups is 2. The van der Waals surface area contributed by atoms with Crippen LogP contribution in [0.1, 0.15) is 20.7 Å². The number of aliphatic imine (C=N–C) groups is 1. The van der Waals surface area contributed by atoms with Gasteiger partial charge in [0.1, 0.15) is 0 Å². The van der Waals surface area contributed by atoms with Crippen LogP contribution in [0.5, 0.6) is 23.0 Å². The van der Waals surface area contributed by atoms with E-state index in [0.29, 0.717) is 34.1 Å². The predicted molar refractivity (Wildman–Crippen MR) is 110 cm³/mol. The van der Waals surface area contributed by atoms with E-state index in [9.17, 15) is 9.59 Å². The number of carbonyl (C=O) groups excluding carboxylic acids is 2. The van der Waals surface area contributed by atoms with Crippen LogP contribution < -0.4 is 24.3 Å². The van der Waals surface area contributed by atoms with Crippen LogP contribution in [0.3, 0.4) is 0 Å². The van der Waals surface area contributed by atoms with Gasteiger partial charge in [-0.3, -0.25) is 0 Å². The molecule has 1 N–H and O–H groups in total. The predicted octanol–water partition coefficient (Wildman–Crippen LogP) is 2.40. The molecule has 2 aromatic rings. The summed E-state index contributed by atoms with van der Waals surface area (Å²) in [6, 6.07) is 9.59. The quantitative estimate of drug-likeness (QED) is 0.383. The zero-order chi connectivity index (χ0) is 21.4. The fraction of sp³-hybridized carbons (Fsp3) is 0.250. The molecule has 2 rings (SSSR count). The Morgan fingerprint density at radius 1 is 0.759 bits per heavy atom. The first kappa shape index (κ1) is 22.3. The summed E-state index contributed by atoms with van der Waals surface area (Å²) in [4.78, 5) is 29.3. The van der Waals surface area contributed by atoms with Crippen molar-refractivity contribution in [2.75, 3.05) is 28.4 Å². The van der Waals surface area contributed by atoms with E-state index in [2.05, 4.69) is 10.3 Å². The molecule has 154 valence electrons. The zero-order valence-corrected chi connectivity index (χ0v) is 18.5. The first-order valence-electron chi connectivity index (χ1n) is 8.38. The number of rotatable bonds is 7. The summed E-state index contributed by atoms with van der Waals surface area (Å²) in [5, 5.41) is 2.69. The van der Waals surface area contributed by atoms with Crippen LogP contribution in [-0.2, 0) is 0 Å². The van der Waals surface area contributed by atoms with Gasteiger partial charge in [0, 0.05) is 0 Å². The number of ether oxygens (including phenoxy) is 4. The van der Waals surface area contributed by atoms with Gasteiger partial charge in [0.05, 0.1) is 0 Å². The molecule has 0 spiro atoms. The van der Waals surface area contributed by atoms with Crippen molar-refractivity contribution in [1.82, 2.24) is 5.32 Å². The summed E-state index contributed by atoms with van der Waals surface area (Å²) in [7, 11) is 5.99. The summed E-state index contributed by atoms with van der Waals surface area (Å²) in [5.41, 5.74) is 0.619. The van der Waals surface area contributed by atoms with Crippen LogP contribution in [0.25, 0.3) is 0 Å². The van der Waals surface area contributed by atoms with Crippen LogP contribution in [0.15, 0.2) is 41.4 Å². The second kappa shape index (κ2) is 10.5. The first-order valence-corrected chi connectivity index (χ1v) is 11.0. The van der Waals surface area contributed by atoms with Crippen molar-refractivity contribution in [1.29, 1.82) is 0 Å². The average Bonchev–Trinajstić information content (AvgIpc) is 2.77. The van der Waals surface area contributed by atoms with Crippen molar-refractivity contribution in [2.24, 2.45) is 4.99 Å². The van der Waals surface area contributed by atoms with Crippen molar-refractivity contribution >= 4 is 31.5 Å². The molecule has 0 atom stereocenters. The van der Waals surface area contributed by atoms with Gasteiger partial charge in [-0.1, -0.05) is 0 Å². The molecular weight excluding hydrogens is 443 g/mol. The summed E-state index contributed by atoms with van der Waals surface area (Å²) in [5.74, 6) is 2.82. The minimum absolute atomic E-state index is 0.239. The molecule has 0 fully saturated rings. The summed E-state index contributed by atoms with van der Waals surface area (Å²) in [6.07, 6.45) is 0. The molecule has 0 unspecified atom stereocenters. The summed E-state index contributed by atoms with van der Waals surface area (Å²) >= 11 is -0.239. The third kappa shape index (κ3) is 5.97. The van der Waals surface area contributed by atoms with Gasteiger partial charge in [-0.25, -0.2) is 0 Å². The molecule has 2 aromatic carbocycles. The van der Waals surface area contributed by atoms with Crippen LogP contribution >= 0.6 is 0 Å². The van der Waals surface area contributed by atoms with Crippen molar-refractivity contribution < 1.29 is 28.5 Å². The Hall–Kier alpha value is -3.03. The van der Waals surface area contributed by atoms with E-state index in [4.69, 9.17) is 18.9 Å². The molecule has 9 heteroatoms. The molecule has 0 saturated carbocycles. The van der Waals surface area contributed by atoms with Gasteiger partial charge in [-0.15, -0.1) is 0 Å². The standard InChI is InChI=1S/C20H22N2O6Se/c1-25-14-6-12(7-15(10-14)26-2)18(23)21-20(29-5)22-19(24)13-8-16(27-3)11-17(9-13)28-4/h6-11H,1-5H3,(H,21,22,23,24). The normalized spacial score (nSPS) is 10.9. The number of hydrogen-bond acceptors (Lipinski definition) is 6. The number of nitrogens with one attached hydrogen (secondary N) is 1. The molecule has 0 heterocycles. The van der Waals surface area contributed by atoms with E-state index < -0.39 is 11.8 Å². The van der Waals surface area contributed by atoms with Gasteiger partial charge in [0.25, 0.3) is 0 Å². The Morgan fingerprint density at radius 3 is 1.55 bits per heavy atom. The Labute approximate surface area is 175 Å². The Balaban J connectivity index is 2.26. The van der Waals surface area contributed by atoms with Gasteiger partial charge >= 0.3 is 175 Å². The molecule has 0 saturated heterocycles. The first-order chi connectivity index (χ1) is 13.9. The van der Waals surface area contributed by atoms with Gasteiger partial charge in [0.15, 0.2) is 0 Å². The van der Waals surface area contributed by atoms with Crippen LogP contribution in [-0.4, -0.2) is 59.9 Å². The van der Waals surface area contributed by atoms with Crippen LogP contribution in [0.2, 0.25) is 5.82 Å². The number of amides is 2. The number of methoxy groups -OCH3 is 4. The molecule has 0 radical (unpaired) electrons. The van der Waals surface area contributed by atoms with E-state index >= 15 is 0 Å². The zero-order valence-electron chi connectivity index (χ0n) is 16.8. The molecule has 0 aliphatic rings. The van der Waals surface area contributed by atoms with Gasteiger partial charge < -0.3 is 0 Å². The van der Waals surface area contributed by atoms with E-state index in [1.54, 1.807) is 36.4 Å². The SMILES string of the molecule is COc1cc(OC)cc(C(=O)N=C(NC(=O)c2cc(OC)cc(OC)c2)[Se]C)c1. The topological polar surface area (TPSA) is 95.5 Å². The number of nitrogens with zero attached hydrogens (tertiary/aromatic N) is 1. The summed E-state index contributed by atoms with van der Waals surface area (Å²) < 4.78 is 21.0. The Kier molecular flexibility index (Phi) is 8.06. The molecule has 0 bridgehead atoms. The van der Waals surface area contributed by atoms with Crippen molar-refractivity contribution in [3.05, 3.63) is 47.5 Å². The van der Waals surface area contributed by atoms with Crippen LogP contribution in [0, 0.1) is 0 Å². The number of benzene rings is 2. The second-order valence-electron chi connectivity index (χ2n) is 5.58. The molecule has 0 aliphatic heterocycles. The summed E-state index contributed by atoms with van der Waals surface area (Å²) in [6.45, 7) is 0. The Morgan fingerprint density at radius 2 is 1.17 bits per heavy atom. The fourth-order valence-corrected chi connectivity index (χ4v) is 3.09. The molecule has 2 amide bonds. The van der Waals surface area contributed by atoms with E-state index in [1.165, 1.54) is 28.4 Å². The van der Waals surface area contributed by atoms with E-state index in [0.717, 1.165) is 0 Å². The number of amidine groups is 1. The maximum atomic E-state index is 12.6. The molecule has 0 aromatic heterocycles. The third-order valence-electron chi connectivity index (χ3n) is 3.83. The average molecular weight is 465 g/mol. The molecular formula is C20H22N2O6Se. The van der Waals surface area contributed by atoms with Gasteiger partial charge in [0.2, 0.25) is 0 Å². The van der Waals surface area contributed by atoms with E-state index in [1.807, 2.05) is 5.82 Å². The van der Waals surface area contributed by atoms with Gasteiger partial charge in [-0.2, -0.15) is 0 Å². The van der Waals surface area contributed by atoms with E-state index in [-0.39, 0.29) is 19.7 Å². The fourth-order valence-electron chi connectivity index (χ4n) is 2.32. The molecule has 8 nitrogen and oxygen atoms in total. The van der Waals surface area contributed by atoms with Crippen LogP contribution in [0.4, 0.5) is 0 Å². The minimum atomic E-state index is -0.510. The van der Waals surface area contributed by atoms with Crippen molar-refractivity contribution in [3.8, 4) is 23.0 Å². The molecule has 0 aliphatic carbocycles. The Bertz CT molecular complexity index is 885. The maximum absolute atomic E-state index is 12.6. The molecule has 29 heavy (non-hydrogen) atoms. The van der Waals surface area contributed by atoms with Gasteiger partial charge in [-0.05, 0) is 0 Å². The monoisotopic (exact) mass is 466 g/mol. The number of hydrogen-bond donors (Lipinski definition) is 1. The third-order valence-corrected chi connectivity index (χ3v) is 5.05. The van der Waals surface area contributed by atoms with Crippen molar-refractivity contribution in [2.45, 2.75) is 5.82 Å². The second-order valence-corrected chi connectivity index (χ2v) is 7.25.